The van der Waals surface area contributed by atoms with Crippen LogP contribution in [0.15, 0.2) is 30.5 Å². The lowest BCUT2D eigenvalue weighted by Crippen LogP contribution is -2.19. The van der Waals surface area contributed by atoms with Gasteiger partial charge in [-0.15, -0.1) is 0 Å². The third-order valence-corrected chi connectivity index (χ3v) is 5.60. The molecule has 9 heteroatoms. The van der Waals surface area contributed by atoms with E-state index in [0.29, 0.717) is 34.4 Å². The predicted octanol–water partition coefficient (Wildman–Crippen LogP) is 4.60. The van der Waals surface area contributed by atoms with Crippen molar-refractivity contribution >= 4 is 11.7 Å². The Kier molecular flexibility index (Phi) is 5.36. The van der Waals surface area contributed by atoms with Crippen LogP contribution in [0.25, 0.3) is 5.69 Å². The number of halogens is 3. The number of aromatic nitrogens is 4. The topological polar surface area (TPSA) is 64.7 Å². The molecule has 1 aliphatic carbocycles. The maximum atomic E-state index is 13.1. The maximum Gasteiger partial charge on any atom is 0.416 e. The summed E-state index contributed by atoms with van der Waals surface area (Å²) in [4.78, 5) is 12.8. The highest BCUT2D eigenvalue weighted by Crippen LogP contribution is 2.32. The van der Waals surface area contributed by atoms with Crippen molar-refractivity contribution in [1.29, 1.82) is 0 Å². The van der Waals surface area contributed by atoms with Crippen LogP contribution in [-0.4, -0.2) is 25.5 Å². The molecule has 2 aromatic heterocycles. The van der Waals surface area contributed by atoms with Crippen LogP contribution >= 0.6 is 0 Å². The van der Waals surface area contributed by atoms with Crippen molar-refractivity contribution in [3.8, 4) is 5.69 Å². The van der Waals surface area contributed by atoms with Gasteiger partial charge in [0.1, 0.15) is 5.82 Å². The normalized spacial score (nSPS) is 14.1. The fourth-order valence-electron chi connectivity index (χ4n) is 3.66. The second kappa shape index (κ2) is 7.86. The monoisotopic (exact) mass is 431 g/mol. The summed E-state index contributed by atoms with van der Waals surface area (Å²) in [6, 6.07) is 5.00. The van der Waals surface area contributed by atoms with Crippen LogP contribution in [0, 0.1) is 26.7 Å². The van der Waals surface area contributed by atoms with E-state index in [0.717, 1.165) is 24.2 Å². The van der Waals surface area contributed by atoms with Crippen molar-refractivity contribution in [3.05, 3.63) is 58.5 Å². The molecule has 0 unspecified atom stereocenters. The molecule has 31 heavy (non-hydrogen) atoms. The lowest BCUT2D eigenvalue weighted by Gasteiger charge is -2.11. The van der Waals surface area contributed by atoms with Crippen LogP contribution in [0.4, 0.5) is 19.0 Å². The molecule has 2 heterocycles. The summed E-state index contributed by atoms with van der Waals surface area (Å²) in [5.74, 6) is 1.10. The SMILES string of the molecule is Cc1cnn(CC2CC2)c1NC(=O)Cc1c(C)nn(-c2cccc(C(F)(F)F)c2)c1C. The van der Waals surface area contributed by atoms with E-state index in [4.69, 9.17) is 0 Å². The van der Waals surface area contributed by atoms with Gasteiger partial charge >= 0.3 is 6.18 Å². The highest BCUT2D eigenvalue weighted by atomic mass is 19.4. The predicted molar refractivity (Wildman–Crippen MR) is 110 cm³/mol. The summed E-state index contributed by atoms with van der Waals surface area (Å²) in [6.45, 7) is 6.19. The van der Waals surface area contributed by atoms with E-state index in [9.17, 15) is 18.0 Å². The van der Waals surface area contributed by atoms with Gasteiger partial charge in [0, 0.05) is 23.4 Å². The summed E-state index contributed by atoms with van der Waals surface area (Å²) >= 11 is 0. The second-order valence-electron chi connectivity index (χ2n) is 8.14. The zero-order valence-electron chi connectivity index (χ0n) is 17.6. The average Bonchev–Trinajstić information content (AvgIpc) is 3.41. The minimum atomic E-state index is -4.43. The van der Waals surface area contributed by atoms with Crippen molar-refractivity contribution in [2.24, 2.45) is 5.92 Å². The van der Waals surface area contributed by atoms with Crippen LogP contribution in [0.3, 0.4) is 0 Å². The van der Waals surface area contributed by atoms with Gasteiger partial charge in [0.25, 0.3) is 0 Å². The number of benzene rings is 1. The molecule has 0 saturated heterocycles. The van der Waals surface area contributed by atoms with E-state index < -0.39 is 11.7 Å². The Morgan fingerprint density at radius 3 is 2.65 bits per heavy atom. The van der Waals surface area contributed by atoms with Crippen LogP contribution in [0.2, 0.25) is 0 Å². The van der Waals surface area contributed by atoms with Gasteiger partial charge in [0.15, 0.2) is 0 Å². The maximum absolute atomic E-state index is 13.1. The first-order chi connectivity index (χ1) is 14.6. The molecule has 0 aliphatic heterocycles. The quantitative estimate of drug-likeness (QED) is 0.620. The van der Waals surface area contributed by atoms with Gasteiger partial charge in [0.05, 0.1) is 29.6 Å². The first-order valence-electron chi connectivity index (χ1n) is 10.2. The van der Waals surface area contributed by atoms with Crippen LogP contribution < -0.4 is 5.32 Å². The van der Waals surface area contributed by atoms with Crippen molar-refractivity contribution in [2.45, 2.75) is 52.8 Å². The first kappa shape index (κ1) is 21.1. The molecule has 6 nitrogen and oxygen atoms in total. The van der Waals surface area contributed by atoms with Crippen molar-refractivity contribution in [3.63, 3.8) is 0 Å². The Labute approximate surface area is 178 Å². The lowest BCUT2D eigenvalue weighted by molar-refractivity contribution is -0.137. The number of nitrogens with one attached hydrogen (secondary N) is 1. The van der Waals surface area contributed by atoms with Crippen molar-refractivity contribution in [2.75, 3.05) is 5.32 Å². The van der Waals surface area contributed by atoms with Crippen LogP contribution in [0.5, 0.6) is 0 Å². The summed E-state index contributed by atoms with van der Waals surface area (Å²) < 4.78 is 42.5. The van der Waals surface area contributed by atoms with Crippen LogP contribution in [0.1, 0.15) is 40.9 Å². The largest absolute Gasteiger partial charge is 0.416 e. The molecule has 1 fully saturated rings. The number of alkyl halides is 3. The Hall–Kier alpha value is -3.10. The summed E-state index contributed by atoms with van der Waals surface area (Å²) in [6.07, 6.45) is -0.264. The van der Waals surface area contributed by atoms with Gasteiger partial charge in [-0.05, 0) is 57.7 Å². The highest BCUT2D eigenvalue weighted by Gasteiger charge is 2.31. The molecule has 1 aliphatic rings. The number of nitrogens with zero attached hydrogens (tertiary/aromatic N) is 4. The highest BCUT2D eigenvalue weighted by molar-refractivity contribution is 5.92. The molecule has 1 N–H and O–H groups in total. The molecule has 164 valence electrons. The number of aryl methyl sites for hydroxylation is 2. The molecule has 0 atom stereocenters. The number of anilines is 1. The summed E-state index contributed by atoms with van der Waals surface area (Å²) in [7, 11) is 0. The number of carbonyl (C=O) groups excluding carboxylic acids is 1. The molecule has 0 radical (unpaired) electrons. The number of hydrogen-bond donors (Lipinski definition) is 1. The number of carbonyl (C=O) groups is 1. The van der Waals surface area contributed by atoms with E-state index in [-0.39, 0.29) is 12.3 Å². The van der Waals surface area contributed by atoms with Crippen LogP contribution in [-0.2, 0) is 23.9 Å². The molecular formula is C22H24F3N5O. The Bertz CT molecular complexity index is 1120. The Morgan fingerprint density at radius 1 is 1.23 bits per heavy atom. The van der Waals surface area contributed by atoms with E-state index in [2.05, 4.69) is 15.5 Å². The van der Waals surface area contributed by atoms with E-state index in [1.54, 1.807) is 26.1 Å². The van der Waals surface area contributed by atoms with Gasteiger partial charge in [-0.2, -0.15) is 23.4 Å². The molecule has 1 saturated carbocycles. The minimum Gasteiger partial charge on any atom is -0.310 e. The molecule has 4 rings (SSSR count). The molecule has 1 amide bonds. The number of hydrogen-bond acceptors (Lipinski definition) is 3. The smallest absolute Gasteiger partial charge is 0.310 e. The molecule has 0 spiro atoms. The minimum absolute atomic E-state index is 0.0741. The van der Waals surface area contributed by atoms with E-state index in [1.807, 2.05) is 11.6 Å². The molecular weight excluding hydrogens is 407 g/mol. The molecule has 1 aromatic carbocycles. The fourth-order valence-corrected chi connectivity index (χ4v) is 3.66. The third kappa shape index (κ3) is 4.50. The molecule has 3 aromatic rings. The zero-order valence-corrected chi connectivity index (χ0v) is 17.6. The van der Waals surface area contributed by atoms with Gasteiger partial charge in [-0.3, -0.25) is 4.79 Å². The Balaban J connectivity index is 1.55. The third-order valence-electron chi connectivity index (χ3n) is 5.60. The fraction of sp³-hybridized carbons (Fsp3) is 0.409. The summed E-state index contributed by atoms with van der Waals surface area (Å²) in [5, 5.41) is 11.7. The van der Waals surface area contributed by atoms with Gasteiger partial charge in [0.2, 0.25) is 5.91 Å². The lowest BCUT2D eigenvalue weighted by atomic mass is 10.1. The summed E-state index contributed by atoms with van der Waals surface area (Å²) in [5.41, 5.74) is 2.39. The number of rotatable bonds is 6. The number of amides is 1. The standard InChI is InChI=1S/C22H24F3N5O/c1-13-11-26-29(12-16-7-8-16)21(13)27-20(31)10-19-14(2)28-30(15(19)3)18-6-4-5-17(9-18)22(23,24)25/h4-6,9,11,16H,7-8,10,12H2,1-3H3,(H,27,31). The average molecular weight is 431 g/mol. The van der Waals surface area contributed by atoms with E-state index in [1.165, 1.54) is 23.6 Å². The van der Waals surface area contributed by atoms with E-state index >= 15 is 0 Å². The van der Waals surface area contributed by atoms with Gasteiger partial charge < -0.3 is 5.32 Å². The first-order valence-corrected chi connectivity index (χ1v) is 10.2. The van der Waals surface area contributed by atoms with Crippen molar-refractivity contribution in [1.82, 2.24) is 19.6 Å². The second-order valence-corrected chi connectivity index (χ2v) is 8.14. The van der Waals surface area contributed by atoms with Crippen molar-refractivity contribution < 1.29 is 18.0 Å². The molecule has 0 bridgehead atoms. The zero-order chi connectivity index (χ0) is 22.3. The van der Waals surface area contributed by atoms with Gasteiger partial charge in [-0.1, -0.05) is 6.07 Å². The van der Waals surface area contributed by atoms with Gasteiger partial charge in [-0.25, -0.2) is 9.36 Å². The Morgan fingerprint density at radius 2 is 1.97 bits per heavy atom.